The standard InChI is InChI=1S/C34H52N2O2S/c1-6-24(7-2)22-36-31(37)34(35-32(36)39-23-25(8-3)9-4)30-20-27(13-12-26-10-11-26)14-15-28(30)21-33(34)18-16-29(38-5)17-19-33/h14-15,20,24-26,29H,6-13,16-19,21-23H2,1-5H3. The maximum absolute atomic E-state index is 15.0. The smallest absolute Gasteiger partial charge is 0.261 e. The molecule has 2 spiro atoms. The molecule has 0 aromatic heterocycles. The van der Waals surface area contributed by atoms with Crippen LogP contribution in [-0.4, -0.2) is 41.5 Å². The maximum atomic E-state index is 15.0. The molecular weight excluding hydrogens is 500 g/mol. The van der Waals surface area contributed by atoms with Crippen molar-refractivity contribution in [3.63, 3.8) is 0 Å². The van der Waals surface area contributed by atoms with Gasteiger partial charge in [0, 0.05) is 24.8 Å². The van der Waals surface area contributed by atoms with E-state index in [-0.39, 0.29) is 11.3 Å². The highest BCUT2D eigenvalue weighted by molar-refractivity contribution is 8.13. The number of amidine groups is 1. The lowest BCUT2D eigenvalue weighted by molar-refractivity contribution is -0.138. The van der Waals surface area contributed by atoms with E-state index < -0.39 is 5.54 Å². The molecule has 39 heavy (non-hydrogen) atoms. The van der Waals surface area contributed by atoms with Crippen molar-refractivity contribution in [2.24, 2.45) is 28.2 Å². The number of aliphatic imine (C=N–C) groups is 1. The number of carbonyl (C=O) groups is 1. The third-order valence-corrected chi connectivity index (χ3v) is 12.1. The van der Waals surface area contributed by atoms with Crippen LogP contribution in [0.25, 0.3) is 0 Å². The Morgan fingerprint density at radius 2 is 1.72 bits per heavy atom. The highest BCUT2D eigenvalue weighted by Crippen LogP contribution is 2.62. The van der Waals surface area contributed by atoms with Crippen molar-refractivity contribution >= 4 is 22.8 Å². The Labute approximate surface area is 242 Å². The average molecular weight is 553 g/mol. The Bertz CT molecular complexity index is 1030. The lowest BCUT2D eigenvalue weighted by atomic mass is 9.61. The predicted octanol–water partition coefficient (Wildman–Crippen LogP) is 8.16. The molecule has 0 N–H and O–H groups in total. The fourth-order valence-electron chi connectivity index (χ4n) is 7.59. The minimum absolute atomic E-state index is 0.139. The molecule has 0 saturated heterocycles. The molecule has 1 aromatic carbocycles. The van der Waals surface area contributed by atoms with Crippen LogP contribution in [0.3, 0.4) is 0 Å². The van der Waals surface area contributed by atoms with Crippen LogP contribution in [0.15, 0.2) is 23.2 Å². The third kappa shape index (κ3) is 5.48. The topological polar surface area (TPSA) is 41.9 Å². The number of carbonyl (C=O) groups excluding carboxylic acids is 1. The van der Waals surface area contributed by atoms with Gasteiger partial charge in [-0.15, -0.1) is 0 Å². The van der Waals surface area contributed by atoms with Crippen LogP contribution in [0.5, 0.6) is 0 Å². The molecule has 1 heterocycles. The van der Waals surface area contributed by atoms with E-state index in [1.54, 1.807) is 0 Å². The molecule has 0 bridgehead atoms. The molecule has 1 aromatic rings. The zero-order valence-corrected chi connectivity index (χ0v) is 26.1. The Balaban J connectivity index is 1.57. The summed E-state index contributed by atoms with van der Waals surface area (Å²) in [5.41, 5.74) is 3.10. The van der Waals surface area contributed by atoms with Crippen molar-refractivity contribution < 1.29 is 9.53 Å². The largest absolute Gasteiger partial charge is 0.381 e. The van der Waals surface area contributed by atoms with Crippen molar-refractivity contribution in [1.29, 1.82) is 0 Å². The quantitative estimate of drug-likeness (QED) is 0.263. The molecule has 1 aliphatic heterocycles. The van der Waals surface area contributed by atoms with Crippen molar-refractivity contribution in [2.45, 2.75) is 123 Å². The van der Waals surface area contributed by atoms with Crippen LogP contribution in [0.2, 0.25) is 0 Å². The first-order chi connectivity index (χ1) is 18.9. The lowest BCUT2D eigenvalue weighted by Crippen LogP contribution is -2.52. The first-order valence-corrected chi connectivity index (χ1v) is 17.1. The van der Waals surface area contributed by atoms with Crippen LogP contribution < -0.4 is 0 Å². The minimum Gasteiger partial charge on any atom is -0.381 e. The summed E-state index contributed by atoms with van der Waals surface area (Å²) in [5, 5.41) is 1.00. The number of amides is 1. The highest BCUT2D eigenvalue weighted by Gasteiger charge is 2.66. The third-order valence-electron chi connectivity index (χ3n) is 10.9. The van der Waals surface area contributed by atoms with E-state index in [9.17, 15) is 0 Å². The summed E-state index contributed by atoms with van der Waals surface area (Å²) < 4.78 is 5.81. The molecule has 5 heteroatoms. The summed E-state index contributed by atoms with van der Waals surface area (Å²) in [5.74, 6) is 3.40. The molecule has 1 unspecified atom stereocenters. The first-order valence-electron chi connectivity index (χ1n) is 16.1. The van der Waals surface area contributed by atoms with Crippen molar-refractivity contribution in [3.05, 3.63) is 34.9 Å². The van der Waals surface area contributed by atoms with Crippen LogP contribution in [0.4, 0.5) is 0 Å². The van der Waals surface area contributed by atoms with E-state index in [1.807, 2.05) is 18.9 Å². The predicted molar refractivity (Wildman–Crippen MR) is 164 cm³/mol. The van der Waals surface area contributed by atoms with Gasteiger partial charge in [0.2, 0.25) is 0 Å². The molecule has 0 radical (unpaired) electrons. The average Bonchev–Trinajstić information content (AvgIpc) is 3.71. The summed E-state index contributed by atoms with van der Waals surface area (Å²) in [6.07, 6.45) is 15.1. The number of thioether (sulfide) groups is 1. The number of aryl methyl sites for hydroxylation is 1. The molecular formula is C34H52N2O2S. The van der Waals surface area contributed by atoms with Gasteiger partial charge in [-0.05, 0) is 79.4 Å². The second-order valence-corrected chi connectivity index (χ2v) is 14.0. The zero-order chi connectivity index (χ0) is 27.6. The van der Waals surface area contributed by atoms with E-state index >= 15 is 4.79 Å². The molecule has 5 rings (SSSR count). The van der Waals surface area contributed by atoms with E-state index in [2.05, 4.69) is 50.8 Å². The number of fused-ring (bicyclic) bond motifs is 3. The Kier molecular flexibility index (Phi) is 9.18. The number of ether oxygens (including phenoxy) is 1. The van der Waals surface area contributed by atoms with Crippen LogP contribution in [0.1, 0.15) is 115 Å². The van der Waals surface area contributed by atoms with E-state index in [1.165, 1.54) is 48.8 Å². The van der Waals surface area contributed by atoms with Crippen molar-refractivity contribution in [2.75, 3.05) is 19.4 Å². The minimum atomic E-state index is -0.765. The van der Waals surface area contributed by atoms with Gasteiger partial charge in [-0.25, -0.2) is 4.99 Å². The normalized spacial score (nSPS) is 28.4. The number of benzene rings is 1. The summed E-state index contributed by atoms with van der Waals surface area (Å²) in [4.78, 5) is 22.9. The van der Waals surface area contributed by atoms with Crippen LogP contribution in [0, 0.1) is 23.2 Å². The fraction of sp³-hybridized carbons (Fsp3) is 0.765. The summed E-state index contributed by atoms with van der Waals surface area (Å²) in [6, 6.07) is 7.13. The monoisotopic (exact) mass is 552 g/mol. The Morgan fingerprint density at radius 3 is 2.33 bits per heavy atom. The Morgan fingerprint density at radius 1 is 1.03 bits per heavy atom. The lowest BCUT2D eigenvalue weighted by Gasteiger charge is -2.45. The number of methoxy groups -OCH3 is 1. The zero-order valence-electron chi connectivity index (χ0n) is 25.3. The van der Waals surface area contributed by atoms with Gasteiger partial charge >= 0.3 is 0 Å². The number of hydrogen-bond donors (Lipinski definition) is 0. The van der Waals surface area contributed by atoms with Crippen molar-refractivity contribution in [3.8, 4) is 0 Å². The van der Waals surface area contributed by atoms with Gasteiger partial charge in [0.1, 0.15) is 0 Å². The molecule has 4 nitrogen and oxygen atoms in total. The highest BCUT2D eigenvalue weighted by atomic mass is 32.2. The molecule has 216 valence electrons. The molecule has 1 atom stereocenters. The van der Waals surface area contributed by atoms with E-state index in [0.717, 1.165) is 74.7 Å². The fourth-order valence-corrected chi connectivity index (χ4v) is 8.96. The molecule has 3 aliphatic carbocycles. The molecule has 1 amide bonds. The van der Waals surface area contributed by atoms with Gasteiger partial charge < -0.3 is 4.74 Å². The van der Waals surface area contributed by atoms with Crippen molar-refractivity contribution in [1.82, 2.24) is 4.90 Å². The van der Waals surface area contributed by atoms with Gasteiger partial charge in [-0.3, -0.25) is 9.69 Å². The Hall–Kier alpha value is -1.33. The first kappa shape index (κ1) is 29.2. The second-order valence-electron chi connectivity index (χ2n) is 13.1. The number of rotatable bonds is 12. The van der Waals surface area contributed by atoms with Gasteiger partial charge in [-0.2, -0.15) is 0 Å². The van der Waals surface area contributed by atoms with Gasteiger partial charge in [-0.1, -0.05) is 96.2 Å². The second kappa shape index (κ2) is 12.3. The van der Waals surface area contributed by atoms with Crippen LogP contribution >= 0.6 is 11.8 Å². The number of hydrogen-bond acceptors (Lipinski definition) is 4. The van der Waals surface area contributed by atoms with E-state index in [0.29, 0.717) is 17.9 Å². The summed E-state index contributed by atoms with van der Waals surface area (Å²) in [7, 11) is 1.84. The van der Waals surface area contributed by atoms with Gasteiger partial charge in [0.25, 0.3) is 5.91 Å². The summed E-state index contributed by atoms with van der Waals surface area (Å²) >= 11 is 1.86. The molecule has 2 fully saturated rings. The van der Waals surface area contributed by atoms with Crippen LogP contribution in [-0.2, 0) is 27.9 Å². The SMILES string of the molecule is CCC(CC)CSC1=NC2(C(=O)N1CC(CC)CC)c1cc(CCC3CC3)ccc1CC21CCC(OC)CC1. The molecule has 4 aliphatic rings. The van der Waals surface area contributed by atoms with Gasteiger partial charge in [0.15, 0.2) is 10.7 Å². The van der Waals surface area contributed by atoms with E-state index in [4.69, 9.17) is 9.73 Å². The maximum Gasteiger partial charge on any atom is 0.261 e. The summed E-state index contributed by atoms with van der Waals surface area (Å²) in [6.45, 7) is 9.92. The van der Waals surface area contributed by atoms with Gasteiger partial charge in [0.05, 0.1) is 6.10 Å². The number of nitrogens with zero attached hydrogens (tertiary/aromatic N) is 2. The molecule has 2 saturated carbocycles.